The van der Waals surface area contributed by atoms with E-state index >= 15 is 0 Å². The predicted octanol–water partition coefficient (Wildman–Crippen LogP) is 2.78. The Bertz CT molecular complexity index is 434. The molecule has 1 saturated heterocycles. The van der Waals surface area contributed by atoms with Crippen LogP contribution in [0, 0.1) is 11.8 Å². The molecule has 1 aromatic heterocycles. The summed E-state index contributed by atoms with van der Waals surface area (Å²) in [6.07, 6.45) is 2.55. The van der Waals surface area contributed by atoms with Crippen molar-refractivity contribution in [3.8, 4) is 0 Å². The van der Waals surface area contributed by atoms with Crippen LogP contribution in [0.1, 0.15) is 31.6 Å². The maximum atomic E-state index is 4.29. The smallest absolute Gasteiger partial charge is 0.190 e. The lowest BCUT2D eigenvalue weighted by Gasteiger charge is -2.32. The number of likely N-dealkylation sites (tertiary alicyclic amines) is 1. The highest BCUT2D eigenvalue weighted by Crippen LogP contribution is 2.20. The average Bonchev–Trinajstić information content (AvgIpc) is 3.02. The number of nitrogens with zero attached hydrogens (tertiary/aromatic N) is 2. The van der Waals surface area contributed by atoms with Crippen LogP contribution in [0.25, 0.3) is 0 Å². The van der Waals surface area contributed by atoms with Gasteiger partial charge in [0.15, 0.2) is 5.96 Å². The Morgan fingerprint density at radius 3 is 2.73 bits per heavy atom. The van der Waals surface area contributed by atoms with Gasteiger partial charge in [-0.1, -0.05) is 19.9 Å². The van der Waals surface area contributed by atoms with Crippen LogP contribution in [0.5, 0.6) is 0 Å². The molecule has 5 heteroatoms. The van der Waals surface area contributed by atoms with Gasteiger partial charge in [0.05, 0.1) is 0 Å². The number of thiophene rings is 1. The number of piperidine rings is 1. The summed E-state index contributed by atoms with van der Waals surface area (Å²) in [6, 6.07) is 4.38. The van der Waals surface area contributed by atoms with Gasteiger partial charge in [-0.25, -0.2) is 0 Å². The van der Waals surface area contributed by atoms with Gasteiger partial charge in [0, 0.05) is 31.6 Å². The minimum absolute atomic E-state index is 0.638. The van der Waals surface area contributed by atoms with Gasteiger partial charge in [-0.05, 0) is 49.2 Å². The molecular weight excluding hydrogens is 292 g/mol. The highest BCUT2D eigenvalue weighted by molar-refractivity contribution is 7.09. The standard InChI is InChI=1S/C17H30N4S/c1-14(2)11-19-17(18-3)20-12-15-6-8-21(9-7-15)13-16-5-4-10-22-16/h4-5,10,14-15H,6-9,11-13H2,1-3H3,(H2,18,19,20). The predicted molar refractivity (Wildman–Crippen MR) is 96.5 cm³/mol. The van der Waals surface area contributed by atoms with Gasteiger partial charge in [0.2, 0.25) is 0 Å². The van der Waals surface area contributed by atoms with Crippen molar-refractivity contribution in [1.82, 2.24) is 15.5 Å². The second kappa shape index (κ2) is 9.16. The van der Waals surface area contributed by atoms with Crippen LogP contribution in [0.2, 0.25) is 0 Å². The zero-order valence-electron chi connectivity index (χ0n) is 14.1. The van der Waals surface area contributed by atoms with E-state index in [-0.39, 0.29) is 0 Å². The van der Waals surface area contributed by atoms with Gasteiger partial charge in [0.1, 0.15) is 0 Å². The van der Waals surface area contributed by atoms with Crippen molar-refractivity contribution in [2.75, 3.05) is 33.2 Å². The quantitative estimate of drug-likeness (QED) is 0.625. The number of hydrogen-bond donors (Lipinski definition) is 2. The fourth-order valence-corrected chi connectivity index (χ4v) is 3.48. The van der Waals surface area contributed by atoms with Crippen molar-refractivity contribution in [2.24, 2.45) is 16.8 Å². The van der Waals surface area contributed by atoms with Crippen molar-refractivity contribution in [3.05, 3.63) is 22.4 Å². The molecule has 0 saturated carbocycles. The minimum Gasteiger partial charge on any atom is -0.356 e. The summed E-state index contributed by atoms with van der Waals surface area (Å²) in [7, 11) is 1.85. The maximum absolute atomic E-state index is 4.29. The van der Waals surface area contributed by atoms with E-state index < -0.39 is 0 Å². The first-order chi connectivity index (χ1) is 10.7. The lowest BCUT2D eigenvalue weighted by Crippen LogP contribution is -2.43. The van der Waals surface area contributed by atoms with Crippen LogP contribution in [-0.4, -0.2) is 44.1 Å². The minimum atomic E-state index is 0.638. The molecule has 1 fully saturated rings. The topological polar surface area (TPSA) is 39.7 Å². The van der Waals surface area contributed by atoms with Gasteiger partial charge < -0.3 is 10.6 Å². The van der Waals surface area contributed by atoms with Crippen LogP contribution in [-0.2, 0) is 6.54 Å². The fourth-order valence-electron chi connectivity index (χ4n) is 2.73. The third kappa shape index (κ3) is 5.97. The summed E-state index contributed by atoms with van der Waals surface area (Å²) >= 11 is 1.86. The monoisotopic (exact) mass is 322 g/mol. The van der Waals surface area contributed by atoms with Crippen molar-refractivity contribution in [2.45, 2.75) is 33.2 Å². The van der Waals surface area contributed by atoms with Crippen molar-refractivity contribution in [1.29, 1.82) is 0 Å². The van der Waals surface area contributed by atoms with Crippen molar-refractivity contribution >= 4 is 17.3 Å². The van der Waals surface area contributed by atoms with E-state index in [2.05, 4.69) is 51.9 Å². The number of hydrogen-bond acceptors (Lipinski definition) is 3. The van der Waals surface area contributed by atoms with Crippen LogP contribution in [0.15, 0.2) is 22.5 Å². The summed E-state index contributed by atoms with van der Waals surface area (Å²) in [4.78, 5) is 8.35. The molecule has 2 heterocycles. The van der Waals surface area contributed by atoms with Crippen LogP contribution in [0.3, 0.4) is 0 Å². The Balaban J connectivity index is 1.64. The largest absolute Gasteiger partial charge is 0.356 e. The average molecular weight is 323 g/mol. The summed E-state index contributed by atoms with van der Waals surface area (Å²) in [5.74, 6) is 2.34. The third-order valence-electron chi connectivity index (χ3n) is 4.13. The first-order valence-corrected chi connectivity index (χ1v) is 9.24. The summed E-state index contributed by atoms with van der Waals surface area (Å²) in [5, 5.41) is 9.02. The molecule has 0 radical (unpaired) electrons. The van der Waals surface area contributed by atoms with Crippen LogP contribution in [0.4, 0.5) is 0 Å². The lowest BCUT2D eigenvalue weighted by atomic mass is 9.97. The first-order valence-electron chi connectivity index (χ1n) is 8.36. The zero-order valence-corrected chi connectivity index (χ0v) is 15.0. The molecule has 1 aliphatic heterocycles. The molecule has 2 N–H and O–H groups in total. The van der Waals surface area contributed by atoms with E-state index in [9.17, 15) is 0 Å². The van der Waals surface area contributed by atoms with E-state index in [1.54, 1.807) is 0 Å². The summed E-state index contributed by atoms with van der Waals surface area (Å²) < 4.78 is 0. The highest BCUT2D eigenvalue weighted by Gasteiger charge is 2.19. The molecule has 1 aromatic rings. The van der Waals surface area contributed by atoms with E-state index in [0.717, 1.165) is 31.5 Å². The molecule has 2 rings (SSSR count). The molecule has 0 unspecified atom stereocenters. The van der Waals surface area contributed by atoms with Crippen molar-refractivity contribution < 1.29 is 0 Å². The van der Waals surface area contributed by atoms with Gasteiger partial charge in [-0.15, -0.1) is 11.3 Å². The molecule has 0 aliphatic carbocycles. The fraction of sp³-hybridized carbons (Fsp3) is 0.706. The van der Waals surface area contributed by atoms with Gasteiger partial charge >= 0.3 is 0 Å². The Morgan fingerprint density at radius 1 is 1.36 bits per heavy atom. The molecule has 0 atom stereocenters. The Kier molecular flexibility index (Phi) is 7.19. The molecule has 124 valence electrons. The molecule has 0 amide bonds. The van der Waals surface area contributed by atoms with Gasteiger partial charge in [0.25, 0.3) is 0 Å². The highest BCUT2D eigenvalue weighted by atomic mass is 32.1. The van der Waals surface area contributed by atoms with Gasteiger partial charge in [-0.3, -0.25) is 9.89 Å². The Labute approximate surface area is 139 Å². The maximum Gasteiger partial charge on any atom is 0.190 e. The number of aliphatic imine (C=N–C) groups is 1. The molecule has 22 heavy (non-hydrogen) atoms. The summed E-state index contributed by atoms with van der Waals surface area (Å²) in [6.45, 7) is 9.97. The Hall–Kier alpha value is -1.07. The molecule has 0 spiro atoms. The van der Waals surface area contributed by atoms with E-state index in [0.29, 0.717) is 5.92 Å². The molecule has 0 aromatic carbocycles. The SMILES string of the molecule is CN=C(NCC(C)C)NCC1CCN(Cc2cccs2)CC1. The molecule has 0 bridgehead atoms. The molecular formula is C17H30N4S. The molecule has 4 nitrogen and oxygen atoms in total. The normalized spacial score (nSPS) is 17.9. The van der Waals surface area contributed by atoms with Crippen molar-refractivity contribution in [3.63, 3.8) is 0 Å². The number of rotatable bonds is 6. The van der Waals surface area contributed by atoms with E-state index in [4.69, 9.17) is 0 Å². The van der Waals surface area contributed by atoms with E-state index in [1.165, 1.54) is 30.8 Å². The first kappa shape index (κ1) is 17.3. The second-order valence-corrected chi connectivity index (χ2v) is 7.56. The lowest BCUT2D eigenvalue weighted by molar-refractivity contribution is 0.179. The van der Waals surface area contributed by atoms with Crippen LogP contribution >= 0.6 is 11.3 Å². The number of nitrogens with one attached hydrogen (secondary N) is 2. The molecule has 1 aliphatic rings. The number of guanidine groups is 1. The summed E-state index contributed by atoms with van der Waals surface area (Å²) in [5.41, 5.74) is 0. The van der Waals surface area contributed by atoms with E-state index in [1.807, 2.05) is 18.4 Å². The van der Waals surface area contributed by atoms with Gasteiger partial charge in [-0.2, -0.15) is 0 Å². The van der Waals surface area contributed by atoms with Crippen LogP contribution < -0.4 is 10.6 Å². The zero-order chi connectivity index (χ0) is 15.8. The third-order valence-corrected chi connectivity index (χ3v) is 4.99. The second-order valence-electron chi connectivity index (χ2n) is 6.53. The Morgan fingerprint density at radius 2 is 2.14 bits per heavy atom.